The Bertz CT molecular complexity index is 690. The number of ether oxygens (including phenoxy) is 1. The summed E-state index contributed by atoms with van der Waals surface area (Å²) in [6, 6.07) is 1.71. The van der Waals surface area contributed by atoms with Crippen molar-refractivity contribution in [3.8, 4) is 0 Å². The topological polar surface area (TPSA) is 55.4 Å². The van der Waals surface area contributed by atoms with Gasteiger partial charge in [0.25, 0.3) is 5.91 Å². The van der Waals surface area contributed by atoms with Crippen LogP contribution in [0.2, 0.25) is 5.02 Å². The molecule has 21 heavy (non-hydrogen) atoms. The van der Waals surface area contributed by atoms with E-state index in [9.17, 15) is 9.59 Å². The maximum Gasteiger partial charge on any atom is 0.341 e. The molecule has 0 aliphatic rings. The Morgan fingerprint density at radius 2 is 2.10 bits per heavy atom. The molecule has 2 rings (SSSR count). The van der Waals surface area contributed by atoms with Crippen LogP contribution in [0.4, 0.5) is 5.00 Å². The Morgan fingerprint density at radius 1 is 1.38 bits per heavy atom. The number of carbonyl (C=O) groups is 2. The van der Waals surface area contributed by atoms with Gasteiger partial charge >= 0.3 is 5.97 Å². The summed E-state index contributed by atoms with van der Waals surface area (Å²) in [5, 5.41) is 5.50. The third-order valence-electron chi connectivity index (χ3n) is 2.68. The number of rotatable bonds is 4. The second-order valence-corrected chi connectivity index (χ2v) is 6.85. The molecular formula is C14H14ClNO3S2. The van der Waals surface area contributed by atoms with Crippen LogP contribution in [-0.2, 0) is 4.74 Å². The van der Waals surface area contributed by atoms with E-state index in [2.05, 4.69) is 5.32 Å². The SMILES string of the molecule is CCOC(=O)c1cc(C)sc1NC(=O)c1scc(C)c1Cl. The molecule has 0 fully saturated rings. The Morgan fingerprint density at radius 3 is 2.67 bits per heavy atom. The highest BCUT2D eigenvalue weighted by Crippen LogP contribution is 2.31. The van der Waals surface area contributed by atoms with Gasteiger partial charge in [0.15, 0.2) is 0 Å². The third-order valence-corrected chi connectivity index (χ3v) is 5.34. The van der Waals surface area contributed by atoms with Crippen LogP contribution in [0.5, 0.6) is 0 Å². The molecule has 0 aliphatic carbocycles. The van der Waals surface area contributed by atoms with E-state index in [1.807, 2.05) is 19.2 Å². The van der Waals surface area contributed by atoms with Crippen LogP contribution in [0.3, 0.4) is 0 Å². The van der Waals surface area contributed by atoms with Crippen molar-refractivity contribution in [1.29, 1.82) is 0 Å². The van der Waals surface area contributed by atoms with Crippen LogP contribution in [0, 0.1) is 13.8 Å². The molecule has 2 aromatic rings. The highest BCUT2D eigenvalue weighted by Gasteiger charge is 2.20. The minimum absolute atomic E-state index is 0.289. The molecule has 0 radical (unpaired) electrons. The third kappa shape index (κ3) is 3.45. The molecule has 0 atom stereocenters. The number of thiophene rings is 2. The number of esters is 1. The van der Waals surface area contributed by atoms with Crippen molar-refractivity contribution in [3.63, 3.8) is 0 Å². The van der Waals surface area contributed by atoms with Crippen molar-refractivity contribution in [2.24, 2.45) is 0 Å². The summed E-state index contributed by atoms with van der Waals surface area (Å²) >= 11 is 8.70. The molecule has 1 amide bonds. The van der Waals surface area contributed by atoms with Crippen LogP contribution < -0.4 is 5.32 Å². The summed E-state index contributed by atoms with van der Waals surface area (Å²) in [4.78, 5) is 25.5. The first-order valence-electron chi connectivity index (χ1n) is 6.26. The van der Waals surface area contributed by atoms with Gasteiger partial charge in [-0.3, -0.25) is 4.79 Å². The molecule has 0 saturated carbocycles. The number of halogens is 1. The van der Waals surface area contributed by atoms with Crippen molar-refractivity contribution in [1.82, 2.24) is 0 Å². The first-order valence-corrected chi connectivity index (χ1v) is 8.34. The Labute approximate surface area is 135 Å². The quantitative estimate of drug-likeness (QED) is 0.831. The van der Waals surface area contributed by atoms with Gasteiger partial charge in [0.2, 0.25) is 0 Å². The smallest absolute Gasteiger partial charge is 0.341 e. The molecule has 0 bridgehead atoms. The number of anilines is 1. The van der Waals surface area contributed by atoms with Crippen molar-refractivity contribution in [2.45, 2.75) is 20.8 Å². The molecule has 0 aliphatic heterocycles. The monoisotopic (exact) mass is 343 g/mol. The number of amides is 1. The highest BCUT2D eigenvalue weighted by atomic mass is 35.5. The molecule has 0 saturated heterocycles. The maximum absolute atomic E-state index is 12.3. The lowest BCUT2D eigenvalue weighted by molar-refractivity contribution is 0.0528. The van der Waals surface area contributed by atoms with E-state index in [1.165, 1.54) is 22.7 Å². The summed E-state index contributed by atoms with van der Waals surface area (Å²) in [7, 11) is 0. The zero-order chi connectivity index (χ0) is 15.6. The second-order valence-electron chi connectivity index (χ2n) is 4.34. The molecule has 2 aromatic heterocycles. The number of nitrogens with one attached hydrogen (secondary N) is 1. The summed E-state index contributed by atoms with van der Waals surface area (Å²) in [6.45, 7) is 5.74. The molecule has 112 valence electrons. The summed E-state index contributed by atoms with van der Waals surface area (Å²) < 4.78 is 4.99. The average molecular weight is 344 g/mol. The van der Waals surface area contributed by atoms with E-state index >= 15 is 0 Å². The normalized spacial score (nSPS) is 10.5. The number of hydrogen-bond acceptors (Lipinski definition) is 5. The van der Waals surface area contributed by atoms with E-state index in [-0.39, 0.29) is 12.5 Å². The van der Waals surface area contributed by atoms with Gasteiger partial charge in [-0.2, -0.15) is 0 Å². The van der Waals surface area contributed by atoms with Crippen molar-refractivity contribution < 1.29 is 14.3 Å². The molecule has 1 N–H and O–H groups in total. The summed E-state index contributed by atoms with van der Waals surface area (Å²) in [5.74, 6) is -0.754. The highest BCUT2D eigenvalue weighted by molar-refractivity contribution is 7.17. The van der Waals surface area contributed by atoms with Gasteiger partial charge in [-0.1, -0.05) is 11.6 Å². The fourth-order valence-electron chi connectivity index (χ4n) is 1.71. The number of hydrogen-bond donors (Lipinski definition) is 1. The van der Waals surface area contributed by atoms with E-state index in [0.29, 0.717) is 20.5 Å². The summed E-state index contributed by atoms with van der Waals surface area (Å²) in [6.07, 6.45) is 0. The first-order chi connectivity index (χ1) is 9.93. The molecule has 4 nitrogen and oxygen atoms in total. The predicted octanol–water partition coefficient (Wildman–Crippen LogP) is 4.51. The lowest BCUT2D eigenvalue weighted by atomic mass is 10.3. The van der Waals surface area contributed by atoms with Crippen molar-refractivity contribution >= 4 is 51.2 Å². The zero-order valence-corrected chi connectivity index (χ0v) is 14.2. The van der Waals surface area contributed by atoms with Gasteiger partial charge < -0.3 is 10.1 Å². The lowest BCUT2D eigenvalue weighted by Crippen LogP contribution is -2.13. The minimum atomic E-state index is -0.439. The molecule has 7 heteroatoms. The van der Waals surface area contributed by atoms with Crippen molar-refractivity contribution in [3.05, 3.63) is 37.4 Å². The Kier molecular flexibility index (Phi) is 5.03. The van der Waals surface area contributed by atoms with Crippen LogP contribution in [-0.4, -0.2) is 18.5 Å². The van der Waals surface area contributed by atoms with Gasteiger partial charge in [0.05, 0.1) is 17.2 Å². The van der Waals surface area contributed by atoms with Crippen LogP contribution in [0.15, 0.2) is 11.4 Å². The van der Waals surface area contributed by atoms with E-state index in [0.717, 1.165) is 10.4 Å². The van der Waals surface area contributed by atoms with Crippen molar-refractivity contribution in [2.75, 3.05) is 11.9 Å². The van der Waals surface area contributed by atoms with E-state index in [4.69, 9.17) is 16.3 Å². The van der Waals surface area contributed by atoms with Crippen LogP contribution >= 0.6 is 34.3 Å². The van der Waals surface area contributed by atoms with Crippen LogP contribution in [0.25, 0.3) is 0 Å². The van der Waals surface area contributed by atoms with Gasteiger partial charge in [-0.05, 0) is 37.8 Å². The molecule has 2 heterocycles. The van der Waals surface area contributed by atoms with Gasteiger partial charge in [0.1, 0.15) is 9.88 Å². The Hall–Kier alpha value is -1.37. The average Bonchev–Trinajstić information content (AvgIpc) is 2.94. The second kappa shape index (κ2) is 6.60. The predicted molar refractivity (Wildman–Crippen MR) is 87.0 cm³/mol. The van der Waals surface area contributed by atoms with E-state index < -0.39 is 5.97 Å². The molecule has 0 spiro atoms. The van der Waals surface area contributed by atoms with Gasteiger partial charge in [-0.25, -0.2) is 4.79 Å². The standard InChI is InChI=1S/C14H14ClNO3S2/c1-4-19-14(18)9-5-8(3)21-13(9)16-12(17)11-10(15)7(2)6-20-11/h5-6H,4H2,1-3H3,(H,16,17). The van der Waals surface area contributed by atoms with Gasteiger partial charge in [-0.15, -0.1) is 22.7 Å². The zero-order valence-electron chi connectivity index (χ0n) is 11.8. The minimum Gasteiger partial charge on any atom is -0.462 e. The van der Waals surface area contributed by atoms with Crippen LogP contribution in [0.1, 0.15) is 37.4 Å². The fourth-order valence-corrected chi connectivity index (χ4v) is 3.78. The number of carbonyl (C=O) groups excluding carboxylic acids is 2. The first kappa shape index (κ1) is 16.0. The largest absolute Gasteiger partial charge is 0.462 e. The van der Waals surface area contributed by atoms with Gasteiger partial charge in [0, 0.05) is 4.88 Å². The maximum atomic E-state index is 12.3. The molecule has 0 aromatic carbocycles. The lowest BCUT2D eigenvalue weighted by Gasteiger charge is -2.05. The van der Waals surface area contributed by atoms with E-state index in [1.54, 1.807) is 13.0 Å². The number of aryl methyl sites for hydroxylation is 2. The molecule has 0 unspecified atom stereocenters. The molecular weight excluding hydrogens is 330 g/mol. The fraction of sp³-hybridized carbons (Fsp3) is 0.286. The summed E-state index contributed by atoms with van der Waals surface area (Å²) in [5.41, 5.74) is 1.23. The Balaban J connectivity index is 2.25.